The molecule has 0 spiro atoms. The second-order valence-corrected chi connectivity index (χ2v) is 7.34. The van der Waals surface area contributed by atoms with Gasteiger partial charge in [-0.15, -0.1) is 11.3 Å². The van der Waals surface area contributed by atoms with Gasteiger partial charge in [0.2, 0.25) is 11.8 Å². The summed E-state index contributed by atoms with van der Waals surface area (Å²) in [7, 11) is 0. The lowest BCUT2D eigenvalue weighted by molar-refractivity contribution is 0.0997. The van der Waals surface area contributed by atoms with E-state index in [1.54, 1.807) is 55.7 Å². The molecular weight excluding hydrogens is 416 g/mol. The van der Waals surface area contributed by atoms with Crippen LogP contribution in [-0.4, -0.2) is 31.8 Å². The Morgan fingerprint density at radius 2 is 1.87 bits per heavy atom. The van der Waals surface area contributed by atoms with E-state index in [9.17, 15) is 9.59 Å². The van der Waals surface area contributed by atoms with Crippen LogP contribution in [0.5, 0.6) is 11.6 Å². The molecule has 2 amide bonds. The lowest BCUT2D eigenvalue weighted by Gasteiger charge is -2.07. The van der Waals surface area contributed by atoms with E-state index in [-0.39, 0.29) is 5.91 Å². The highest BCUT2D eigenvalue weighted by molar-refractivity contribution is 7.17. The summed E-state index contributed by atoms with van der Waals surface area (Å²) < 4.78 is 5.63. The molecule has 3 aromatic heterocycles. The van der Waals surface area contributed by atoms with E-state index in [0.29, 0.717) is 44.3 Å². The van der Waals surface area contributed by atoms with Crippen LogP contribution in [0.1, 0.15) is 25.7 Å². The van der Waals surface area contributed by atoms with Crippen molar-refractivity contribution in [2.45, 2.75) is 6.92 Å². The molecule has 10 heteroatoms. The number of nitrogens with two attached hydrogens (primary N) is 1. The van der Waals surface area contributed by atoms with Crippen LogP contribution in [0.3, 0.4) is 0 Å². The number of carbonyl (C=O) groups excluding carboxylic acids is 2. The van der Waals surface area contributed by atoms with Crippen LogP contribution < -0.4 is 15.8 Å². The minimum Gasteiger partial charge on any atom is -0.439 e. The fourth-order valence-corrected chi connectivity index (χ4v) is 3.56. The Bertz CT molecular complexity index is 1240. The Morgan fingerprint density at radius 3 is 2.58 bits per heavy atom. The topological polar surface area (TPSA) is 133 Å². The first kappa shape index (κ1) is 20.1. The Morgan fingerprint density at radius 1 is 1.06 bits per heavy atom. The van der Waals surface area contributed by atoms with Crippen molar-refractivity contribution in [1.29, 1.82) is 0 Å². The Labute approximate surface area is 181 Å². The zero-order valence-electron chi connectivity index (χ0n) is 16.3. The SMILES string of the molecule is Cc1nc(-c2ncccn2)sc1C(=O)Nc1ccc(Oc2cccc(C(N)=O)c2)nc1. The van der Waals surface area contributed by atoms with E-state index in [0.717, 1.165) is 0 Å². The van der Waals surface area contributed by atoms with Crippen LogP contribution in [-0.2, 0) is 0 Å². The largest absolute Gasteiger partial charge is 0.439 e. The van der Waals surface area contributed by atoms with Crippen LogP contribution in [0.15, 0.2) is 61.1 Å². The van der Waals surface area contributed by atoms with Crippen LogP contribution >= 0.6 is 11.3 Å². The Balaban J connectivity index is 1.45. The number of pyridine rings is 1. The minimum absolute atomic E-state index is 0.303. The van der Waals surface area contributed by atoms with Gasteiger partial charge in [0.25, 0.3) is 5.91 Å². The van der Waals surface area contributed by atoms with Crippen molar-refractivity contribution in [3.8, 4) is 22.5 Å². The van der Waals surface area contributed by atoms with Crippen molar-refractivity contribution in [3.05, 3.63) is 77.2 Å². The third-order valence-electron chi connectivity index (χ3n) is 4.10. The molecule has 0 aliphatic carbocycles. The second kappa shape index (κ2) is 8.67. The molecule has 0 bridgehead atoms. The fourth-order valence-electron chi connectivity index (χ4n) is 2.65. The summed E-state index contributed by atoms with van der Waals surface area (Å²) in [6.45, 7) is 1.76. The number of nitrogens with one attached hydrogen (secondary N) is 1. The van der Waals surface area contributed by atoms with Gasteiger partial charge in [-0.05, 0) is 37.3 Å². The molecular formula is C21H16N6O3S. The summed E-state index contributed by atoms with van der Waals surface area (Å²) >= 11 is 1.22. The van der Waals surface area contributed by atoms with Crippen molar-refractivity contribution >= 4 is 28.8 Å². The summed E-state index contributed by atoms with van der Waals surface area (Å²) in [5.74, 6) is 0.352. The van der Waals surface area contributed by atoms with Gasteiger partial charge in [0.05, 0.1) is 17.6 Å². The smallest absolute Gasteiger partial charge is 0.267 e. The number of amides is 2. The van der Waals surface area contributed by atoms with Gasteiger partial charge in [0.15, 0.2) is 10.8 Å². The van der Waals surface area contributed by atoms with Crippen molar-refractivity contribution in [1.82, 2.24) is 19.9 Å². The van der Waals surface area contributed by atoms with Gasteiger partial charge >= 0.3 is 0 Å². The number of ether oxygens (including phenoxy) is 1. The van der Waals surface area contributed by atoms with E-state index in [4.69, 9.17) is 10.5 Å². The lowest BCUT2D eigenvalue weighted by Crippen LogP contribution is -2.11. The predicted molar refractivity (Wildman–Crippen MR) is 115 cm³/mol. The summed E-state index contributed by atoms with van der Waals surface area (Å²) in [6, 6.07) is 11.5. The molecule has 9 nitrogen and oxygen atoms in total. The molecule has 3 N–H and O–H groups in total. The number of hydrogen-bond donors (Lipinski definition) is 2. The summed E-state index contributed by atoms with van der Waals surface area (Å²) in [6.07, 6.45) is 4.72. The summed E-state index contributed by atoms with van der Waals surface area (Å²) in [4.78, 5) is 41.3. The monoisotopic (exact) mass is 432 g/mol. The molecule has 1 aromatic carbocycles. The van der Waals surface area contributed by atoms with E-state index >= 15 is 0 Å². The second-order valence-electron chi connectivity index (χ2n) is 6.34. The van der Waals surface area contributed by atoms with Gasteiger partial charge in [0.1, 0.15) is 10.6 Å². The molecule has 0 aliphatic rings. The minimum atomic E-state index is -0.545. The molecule has 0 fully saturated rings. The highest BCUT2D eigenvalue weighted by Gasteiger charge is 2.17. The van der Waals surface area contributed by atoms with Crippen LogP contribution in [0.25, 0.3) is 10.8 Å². The highest BCUT2D eigenvalue weighted by Crippen LogP contribution is 2.26. The zero-order valence-corrected chi connectivity index (χ0v) is 17.1. The summed E-state index contributed by atoms with van der Waals surface area (Å²) in [5.41, 5.74) is 6.69. The molecule has 154 valence electrons. The van der Waals surface area contributed by atoms with Gasteiger partial charge in [-0.1, -0.05) is 6.07 Å². The molecule has 0 atom stereocenters. The van der Waals surface area contributed by atoms with Crippen LogP contribution in [0.2, 0.25) is 0 Å². The maximum Gasteiger partial charge on any atom is 0.267 e. The number of benzene rings is 1. The lowest BCUT2D eigenvalue weighted by atomic mass is 10.2. The van der Waals surface area contributed by atoms with Gasteiger partial charge in [0, 0.05) is 24.0 Å². The Hall–Kier alpha value is -4.18. The number of carbonyl (C=O) groups is 2. The first-order valence-electron chi connectivity index (χ1n) is 9.09. The molecule has 4 aromatic rings. The number of hydrogen-bond acceptors (Lipinski definition) is 8. The fraction of sp³-hybridized carbons (Fsp3) is 0.0476. The number of thiazole rings is 1. The van der Waals surface area contributed by atoms with Gasteiger partial charge in [-0.2, -0.15) is 0 Å². The molecule has 3 heterocycles. The van der Waals surface area contributed by atoms with E-state index in [1.807, 2.05) is 0 Å². The van der Waals surface area contributed by atoms with Gasteiger partial charge < -0.3 is 15.8 Å². The maximum absolute atomic E-state index is 12.7. The predicted octanol–water partition coefficient (Wildman–Crippen LogP) is 3.45. The van der Waals surface area contributed by atoms with Crippen LogP contribution in [0.4, 0.5) is 5.69 Å². The van der Waals surface area contributed by atoms with Gasteiger partial charge in [-0.25, -0.2) is 19.9 Å². The number of aryl methyl sites for hydroxylation is 1. The molecule has 4 rings (SSSR count). The zero-order chi connectivity index (χ0) is 21.8. The standard InChI is InChI=1S/C21H16N6O3S/c1-12-17(31-21(26-12)19-23-8-3-9-24-19)20(29)27-14-6-7-16(25-11-14)30-15-5-2-4-13(10-15)18(22)28/h2-11H,1H3,(H2,22,28)(H,27,29). The first-order valence-corrected chi connectivity index (χ1v) is 9.91. The number of anilines is 1. The third kappa shape index (κ3) is 4.70. The maximum atomic E-state index is 12.7. The Kier molecular flexibility index (Phi) is 5.63. The van der Waals surface area contributed by atoms with Crippen molar-refractivity contribution < 1.29 is 14.3 Å². The van der Waals surface area contributed by atoms with E-state index in [2.05, 4.69) is 25.3 Å². The van der Waals surface area contributed by atoms with E-state index in [1.165, 1.54) is 23.6 Å². The summed E-state index contributed by atoms with van der Waals surface area (Å²) in [5, 5.41) is 3.36. The number of primary amides is 1. The van der Waals surface area contributed by atoms with Crippen molar-refractivity contribution in [3.63, 3.8) is 0 Å². The van der Waals surface area contributed by atoms with Crippen molar-refractivity contribution in [2.75, 3.05) is 5.32 Å². The van der Waals surface area contributed by atoms with Gasteiger partial charge in [-0.3, -0.25) is 9.59 Å². The number of rotatable bonds is 6. The molecule has 0 unspecified atom stereocenters. The molecule has 31 heavy (non-hydrogen) atoms. The quantitative estimate of drug-likeness (QED) is 0.477. The normalized spacial score (nSPS) is 10.5. The third-order valence-corrected chi connectivity index (χ3v) is 5.25. The molecule has 0 saturated heterocycles. The highest BCUT2D eigenvalue weighted by atomic mass is 32.1. The molecule has 0 radical (unpaired) electrons. The number of nitrogens with zero attached hydrogens (tertiary/aromatic N) is 4. The average molecular weight is 432 g/mol. The van der Waals surface area contributed by atoms with Crippen LogP contribution in [0, 0.1) is 6.92 Å². The first-order chi connectivity index (χ1) is 15.0. The number of aromatic nitrogens is 4. The van der Waals surface area contributed by atoms with Crippen molar-refractivity contribution in [2.24, 2.45) is 5.73 Å². The molecule has 0 saturated carbocycles. The molecule has 0 aliphatic heterocycles. The average Bonchev–Trinajstić information content (AvgIpc) is 3.18. The van der Waals surface area contributed by atoms with E-state index < -0.39 is 5.91 Å².